The molecule has 4 aliphatic carbocycles. The van der Waals surface area contributed by atoms with Crippen LogP contribution in [0.25, 0.3) is 0 Å². The fourth-order valence-electron chi connectivity index (χ4n) is 9.03. The second-order valence-electron chi connectivity index (χ2n) is 13.2. The van der Waals surface area contributed by atoms with E-state index < -0.39 is 28.6 Å². The van der Waals surface area contributed by atoms with Crippen molar-refractivity contribution >= 4 is 11.7 Å². The first-order valence-corrected chi connectivity index (χ1v) is 14.6. The van der Waals surface area contributed by atoms with Crippen molar-refractivity contribution in [3.63, 3.8) is 0 Å². The summed E-state index contributed by atoms with van der Waals surface area (Å²) < 4.78 is 5.50. The van der Waals surface area contributed by atoms with Gasteiger partial charge >= 0.3 is 0 Å². The largest absolute Gasteiger partial charge is 0.459 e. The van der Waals surface area contributed by atoms with E-state index in [1.807, 2.05) is 17.0 Å². The Balaban J connectivity index is 1.34. The maximum absolute atomic E-state index is 13.7. The van der Waals surface area contributed by atoms with E-state index in [2.05, 4.69) is 25.8 Å². The zero-order chi connectivity index (χ0) is 28.4. The normalized spacial score (nSPS) is 39.5. The molecule has 214 valence electrons. The summed E-state index contributed by atoms with van der Waals surface area (Å²) in [7, 11) is 0. The second-order valence-corrected chi connectivity index (χ2v) is 13.2. The second kappa shape index (κ2) is 9.64. The molecule has 0 spiro atoms. The predicted octanol–water partition coefficient (Wildman–Crippen LogP) is 3.91. The zero-order valence-electron chi connectivity index (χ0n) is 23.5. The third-order valence-corrected chi connectivity index (χ3v) is 11.3. The molecule has 9 atom stereocenters. The fourth-order valence-corrected chi connectivity index (χ4v) is 9.03. The number of aromatic nitrogens is 1. The highest BCUT2D eigenvalue weighted by Crippen LogP contribution is 2.67. The van der Waals surface area contributed by atoms with E-state index in [4.69, 9.17) is 4.42 Å². The Morgan fingerprint density at radius 1 is 1.15 bits per heavy atom. The molecule has 8 heteroatoms. The number of pyridine rings is 1. The van der Waals surface area contributed by atoms with Gasteiger partial charge in [-0.25, -0.2) is 0 Å². The van der Waals surface area contributed by atoms with Gasteiger partial charge in [0, 0.05) is 36.3 Å². The summed E-state index contributed by atoms with van der Waals surface area (Å²) in [4.78, 5) is 33.3. The number of allylic oxidation sites excluding steroid dienone is 1. The van der Waals surface area contributed by atoms with Crippen LogP contribution in [0.3, 0.4) is 0 Å². The molecule has 6 rings (SSSR count). The molecule has 3 N–H and O–H groups in total. The summed E-state index contributed by atoms with van der Waals surface area (Å²) in [6, 6.07) is 6.97. The van der Waals surface area contributed by atoms with Crippen molar-refractivity contribution in [2.24, 2.45) is 28.6 Å². The first-order chi connectivity index (χ1) is 19.0. The van der Waals surface area contributed by atoms with Crippen LogP contribution >= 0.6 is 0 Å². The lowest BCUT2D eigenvalue weighted by atomic mass is 9.46. The quantitative estimate of drug-likeness (QED) is 0.518. The van der Waals surface area contributed by atoms with Crippen LogP contribution in [0.15, 0.2) is 59.0 Å². The van der Waals surface area contributed by atoms with Gasteiger partial charge in [-0.05, 0) is 98.1 Å². The Morgan fingerprint density at radius 3 is 2.65 bits per heavy atom. The van der Waals surface area contributed by atoms with E-state index in [0.29, 0.717) is 25.8 Å². The molecule has 0 bridgehead atoms. The van der Waals surface area contributed by atoms with Gasteiger partial charge in [0.1, 0.15) is 0 Å². The molecule has 3 fully saturated rings. The number of aliphatic hydroxyl groups is 3. The van der Waals surface area contributed by atoms with Gasteiger partial charge in [0.2, 0.25) is 0 Å². The Hall–Kier alpha value is -2.81. The Bertz CT molecular complexity index is 1310. The van der Waals surface area contributed by atoms with Gasteiger partial charge in [-0.15, -0.1) is 0 Å². The van der Waals surface area contributed by atoms with Gasteiger partial charge in [-0.3, -0.25) is 14.6 Å². The molecule has 8 nitrogen and oxygen atoms in total. The van der Waals surface area contributed by atoms with Gasteiger partial charge in [0.15, 0.2) is 11.5 Å². The molecule has 40 heavy (non-hydrogen) atoms. The van der Waals surface area contributed by atoms with Gasteiger partial charge in [0.25, 0.3) is 5.91 Å². The first kappa shape index (κ1) is 27.4. The van der Waals surface area contributed by atoms with E-state index >= 15 is 0 Å². The number of furan rings is 1. The van der Waals surface area contributed by atoms with Gasteiger partial charge in [-0.2, -0.15) is 0 Å². The van der Waals surface area contributed by atoms with E-state index in [0.717, 1.165) is 24.0 Å². The number of fused-ring (bicyclic) bond motifs is 5. The molecule has 2 aromatic heterocycles. The van der Waals surface area contributed by atoms with Crippen molar-refractivity contribution in [1.82, 2.24) is 9.88 Å². The number of rotatable bonds is 5. The van der Waals surface area contributed by atoms with E-state index in [1.54, 1.807) is 30.6 Å². The first-order valence-electron chi connectivity index (χ1n) is 14.6. The number of nitrogens with zero attached hydrogens (tertiary/aromatic N) is 2. The number of amides is 1. The van der Waals surface area contributed by atoms with E-state index in [1.165, 1.54) is 6.26 Å². The summed E-state index contributed by atoms with van der Waals surface area (Å²) in [5.41, 5.74) is -0.551. The van der Waals surface area contributed by atoms with Gasteiger partial charge < -0.3 is 24.6 Å². The lowest BCUT2D eigenvalue weighted by Gasteiger charge is -2.60. The molecule has 0 radical (unpaired) electrons. The predicted molar refractivity (Wildman–Crippen MR) is 147 cm³/mol. The minimum atomic E-state index is -1.19. The van der Waals surface area contributed by atoms with E-state index in [9.17, 15) is 24.9 Å². The monoisotopic (exact) mass is 548 g/mol. The lowest BCUT2D eigenvalue weighted by molar-refractivity contribution is -0.153. The topological polar surface area (TPSA) is 124 Å². The highest BCUT2D eigenvalue weighted by atomic mass is 16.3. The molecule has 0 saturated heterocycles. The number of carbonyl (C=O) groups excluding carboxylic acids is 2. The third-order valence-electron chi connectivity index (χ3n) is 11.3. The number of aliphatic hydroxyl groups excluding tert-OH is 2. The molecular weight excluding hydrogens is 508 g/mol. The summed E-state index contributed by atoms with van der Waals surface area (Å²) in [5, 5.41) is 33.5. The van der Waals surface area contributed by atoms with Crippen LogP contribution in [0.4, 0.5) is 0 Å². The summed E-state index contributed by atoms with van der Waals surface area (Å²) in [6.45, 7) is 6.60. The summed E-state index contributed by atoms with van der Waals surface area (Å²) >= 11 is 0. The Morgan fingerprint density at radius 2 is 1.95 bits per heavy atom. The van der Waals surface area contributed by atoms with Gasteiger partial charge in [0.05, 0.1) is 24.1 Å². The van der Waals surface area contributed by atoms with Crippen LogP contribution in [0.5, 0.6) is 0 Å². The Kier molecular flexibility index (Phi) is 6.59. The van der Waals surface area contributed by atoms with E-state index in [-0.39, 0.29) is 47.7 Å². The minimum absolute atomic E-state index is 0.0191. The molecule has 2 aromatic rings. The van der Waals surface area contributed by atoms with Crippen molar-refractivity contribution in [1.29, 1.82) is 0 Å². The number of carbonyl (C=O) groups is 2. The molecule has 0 aromatic carbocycles. The van der Waals surface area contributed by atoms with Gasteiger partial charge in [-0.1, -0.05) is 19.9 Å². The van der Waals surface area contributed by atoms with Crippen LogP contribution in [0.1, 0.15) is 75.4 Å². The van der Waals surface area contributed by atoms with Crippen molar-refractivity contribution in [2.45, 2.75) is 89.7 Å². The van der Waals surface area contributed by atoms with Crippen LogP contribution in [0, 0.1) is 28.6 Å². The molecule has 3 saturated carbocycles. The minimum Gasteiger partial charge on any atom is -0.459 e. The highest BCUT2D eigenvalue weighted by Gasteiger charge is 2.67. The average molecular weight is 549 g/mol. The lowest BCUT2D eigenvalue weighted by Crippen LogP contribution is -2.61. The van der Waals surface area contributed by atoms with Crippen LogP contribution in [-0.2, 0) is 11.3 Å². The molecule has 2 heterocycles. The number of hydrogen-bond acceptors (Lipinski definition) is 7. The zero-order valence-corrected chi connectivity index (χ0v) is 23.5. The number of hydrogen-bond donors (Lipinski definition) is 3. The van der Waals surface area contributed by atoms with Crippen molar-refractivity contribution in [2.75, 3.05) is 0 Å². The SMILES string of the molecule is CC(C1CC[C@@]2(O)C3=CC(=O)[C@@H]4C[C@@H](O)[C@@H](O)C[C@]4(C)C3CC[C@]12C)N(Cc1cccnc1)C(=O)c1ccco1. The average Bonchev–Trinajstić information content (AvgIpc) is 3.56. The highest BCUT2D eigenvalue weighted by molar-refractivity contribution is 5.95. The number of ketones is 1. The smallest absolute Gasteiger partial charge is 0.290 e. The molecule has 1 amide bonds. The summed E-state index contributed by atoms with van der Waals surface area (Å²) in [6.07, 6.45) is 8.21. The molecule has 3 unspecified atom stereocenters. The maximum atomic E-state index is 13.7. The van der Waals surface area contributed by atoms with Crippen molar-refractivity contribution in [3.05, 3.63) is 65.9 Å². The molecule has 4 aliphatic rings. The standard InChI is InChI=1S/C32H40N2O6/c1-19(34(18-20-6-4-12-33-17-20)29(38)28-7-5-13-40-28)21-9-11-32(39)23-14-25(35)24-15-26(36)27(37)16-30(24,2)22(23)8-10-31(21,32)3/h4-7,12-14,17,19,21-22,24,26-27,36-37,39H,8-11,15-16,18H2,1-3H3/t19?,21?,22?,24-,26+,27-,30+,31+,32+/m0/s1. The van der Waals surface area contributed by atoms with Crippen LogP contribution in [0.2, 0.25) is 0 Å². The van der Waals surface area contributed by atoms with Crippen LogP contribution < -0.4 is 0 Å². The molecular formula is C32H40N2O6. The third kappa shape index (κ3) is 3.94. The summed E-state index contributed by atoms with van der Waals surface area (Å²) in [5.74, 6) is -0.401. The maximum Gasteiger partial charge on any atom is 0.290 e. The van der Waals surface area contributed by atoms with Crippen molar-refractivity contribution in [3.8, 4) is 0 Å². The van der Waals surface area contributed by atoms with Crippen molar-refractivity contribution < 1.29 is 29.3 Å². The Labute approximate surface area is 235 Å². The fraction of sp³-hybridized carbons (Fsp3) is 0.594. The molecule has 0 aliphatic heterocycles. The van der Waals surface area contributed by atoms with Crippen LogP contribution in [-0.4, -0.2) is 60.7 Å².